The Labute approximate surface area is 112 Å². The highest BCUT2D eigenvalue weighted by Crippen LogP contribution is 2.27. The molecule has 0 amide bonds. The van der Waals surface area contributed by atoms with Crippen molar-refractivity contribution in [2.24, 2.45) is 11.8 Å². The number of hydrogen-bond acceptors (Lipinski definition) is 3. The Balaban J connectivity index is 1.57. The van der Waals surface area contributed by atoms with Crippen LogP contribution in [0.5, 0.6) is 0 Å². The van der Waals surface area contributed by atoms with Crippen LogP contribution in [0, 0.1) is 11.8 Å². The lowest BCUT2D eigenvalue weighted by atomic mass is 9.83. The van der Waals surface area contributed by atoms with Crippen molar-refractivity contribution in [2.45, 2.75) is 45.6 Å². The molecule has 1 aliphatic carbocycles. The van der Waals surface area contributed by atoms with Crippen LogP contribution in [0.2, 0.25) is 0 Å². The standard InChI is InChI=1S/C15H30N2O/c1-13-3-5-15(6-4-13)11-16-14(2)12-17-7-9-18-10-8-17/h13-16H,3-12H2,1-2H3. The normalized spacial score (nSPS) is 32.3. The molecule has 0 bridgehead atoms. The van der Waals surface area contributed by atoms with Crippen LogP contribution in [0.25, 0.3) is 0 Å². The molecule has 106 valence electrons. The predicted molar refractivity (Wildman–Crippen MR) is 75.8 cm³/mol. The minimum atomic E-state index is 0.613. The van der Waals surface area contributed by atoms with Crippen molar-refractivity contribution in [1.82, 2.24) is 10.2 Å². The molecular weight excluding hydrogens is 224 g/mol. The first-order valence-corrected chi connectivity index (χ1v) is 7.77. The predicted octanol–water partition coefficient (Wildman–Crippen LogP) is 2.12. The summed E-state index contributed by atoms with van der Waals surface area (Å²) in [6.45, 7) is 11.1. The van der Waals surface area contributed by atoms with E-state index in [1.54, 1.807) is 0 Å². The highest BCUT2D eigenvalue weighted by atomic mass is 16.5. The van der Waals surface area contributed by atoms with E-state index >= 15 is 0 Å². The zero-order valence-electron chi connectivity index (χ0n) is 12.2. The number of nitrogens with zero attached hydrogens (tertiary/aromatic N) is 1. The topological polar surface area (TPSA) is 24.5 Å². The smallest absolute Gasteiger partial charge is 0.0594 e. The van der Waals surface area contributed by atoms with Gasteiger partial charge in [0.1, 0.15) is 0 Å². The van der Waals surface area contributed by atoms with Gasteiger partial charge in [-0.1, -0.05) is 19.8 Å². The maximum absolute atomic E-state index is 5.38. The Morgan fingerprint density at radius 1 is 1.17 bits per heavy atom. The monoisotopic (exact) mass is 254 g/mol. The maximum Gasteiger partial charge on any atom is 0.0594 e. The van der Waals surface area contributed by atoms with Crippen LogP contribution in [0.1, 0.15) is 39.5 Å². The first kappa shape index (κ1) is 14.3. The van der Waals surface area contributed by atoms with Crippen LogP contribution in [-0.4, -0.2) is 50.3 Å². The zero-order valence-corrected chi connectivity index (χ0v) is 12.2. The van der Waals surface area contributed by atoms with Gasteiger partial charge in [-0.05, 0) is 38.1 Å². The molecule has 1 atom stereocenters. The maximum atomic E-state index is 5.38. The van der Waals surface area contributed by atoms with Crippen molar-refractivity contribution in [1.29, 1.82) is 0 Å². The fourth-order valence-electron chi connectivity index (χ4n) is 3.14. The summed E-state index contributed by atoms with van der Waals surface area (Å²) in [6, 6.07) is 0.613. The van der Waals surface area contributed by atoms with E-state index in [0.29, 0.717) is 6.04 Å². The summed E-state index contributed by atoms with van der Waals surface area (Å²) < 4.78 is 5.38. The van der Waals surface area contributed by atoms with Crippen LogP contribution in [-0.2, 0) is 4.74 Å². The van der Waals surface area contributed by atoms with Crippen LogP contribution in [0.4, 0.5) is 0 Å². The summed E-state index contributed by atoms with van der Waals surface area (Å²) in [5.41, 5.74) is 0. The average Bonchev–Trinajstić information content (AvgIpc) is 2.39. The molecule has 3 heteroatoms. The molecule has 1 heterocycles. The number of ether oxygens (including phenoxy) is 1. The minimum Gasteiger partial charge on any atom is -0.379 e. The third-order valence-electron chi connectivity index (χ3n) is 4.53. The Morgan fingerprint density at radius 2 is 1.83 bits per heavy atom. The second-order valence-corrected chi connectivity index (χ2v) is 6.35. The van der Waals surface area contributed by atoms with Gasteiger partial charge in [-0.15, -0.1) is 0 Å². The summed E-state index contributed by atoms with van der Waals surface area (Å²) in [5.74, 6) is 1.89. The Bertz CT molecular complexity index is 221. The molecule has 1 saturated heterocycles. The second-order valence-electron chi connectivity index (χ2n) is 6.35. The molecule has 18 heavy (non-hydrogen) atoms. The van der Waals surface area contributed by atoms with Gasteiger partial charge < -0.3 is 10.1 Å². The molecule has 2 aliphatic rings. The minimum absolute atomic E-state index is 0.613. The van der Waals surface area contributed by atoms with E-state index in [1.165, 1.54) is 38.8 Å². The molecule has 2 rings (SSSR count). The van der Waals surface area contributed by atoms with Gasteiger partial charge in [0, 0.05) is 25.7 Å². The van der Waals surface area contributed by atoms with E-state index in [-0.39, 0.29) is 0 Å². The Hall–Kier alpha value is -0.120. The first-order valence-electron chi connectivity index (χ1n) is 7.77. The molecule has 1 aliphatic heterocycles. The van der Waals surface area contributed by atoms with Crippen molar-refractivity contribution < 1.29 is 4.74 Å². The third kappa shape index (κ3) is 4.87. The van der Waals surface area contributed by atoms with Crippen molar-refractivity contribution in [3.05, 3.63) is 0 Å². The van der Waals surface area contributed by atoms with E-state index in [4.69, 9.17) is 4.74 Å². The number of hydrogen-bond donors (Lipinski definition) is 1. The van der Waals surface area contributed by atoms with Gasteiger partial charge in [0.05, 0.1) is 13.2 Å². The van der Waals surface area contributed by atoms with Gasteiger partial charge in [0.25, 0.3) is 0 Å². The van der Waals surface area contributed by atoms with Gasteiger partial charge in [-0.25, -0.2) is 0 Å². The molecule has 0 aromatic rings. The lowest BCUT2D eigenvalue weighted by molar-refractivity contribution is 0.0341. The molecule has 0 aromatic carbocycles. The van der Waals surface area contributed by atoms with Crippen molar-refractivity contribution in [3.8, 4) is 0 Å². The molecular formula is C15H30N2O. The lowest BCUT2D eigenvalue weighted by Crippen LogP contribution is -2.45. The fraction of sp³-hybridized carbons (Fsp3) is 1.00. The van der Waals surface area contributed by atoms with E-state index in [1.807, 2.05) is 0 Å². The third-order valence-corrected chi connectivity index (χ3v) is 4.53. The Morgan fingerprint density at radius 3 is 2.50 bits per heavy atom. The molecule has 1 N–H and O–H groups in total. The molecule has 1 unspecified atom stereocenters. The SMILES string of the molecule is CC1CCC(CNC(C)CN2CCOCC2)CC1. The van der Waals surface area contributed by atoms with Crippen LogP contribution in [0.15, 0.2) is 0 Å². The van der Waals surface area contributed by atoms with Crippen molar-refractivity contribution in [3.63, 3.8) is 0 Å². The van der Waals surface area contributed by atoms with Crippen LogP contribution >= 0.6 is 0 Å². The second kappa shape index (κ2) is 7.46. The van der Waals surface area contributed by atoms with E-state index in [2.05, 4.69) is 24.1 Å². The largest absolute Gasteiger partial charge is 0.379 e. The van der Waals surface area contributed by atoms with E-state index < -0.39 is 0 Å². The molecule has 0 spiro atoms. The van der Waals surface area contributed by atoms with E-state index in [9.17, 15) is 0 Å². The molecule has 2 fully saturated rings. The van der Waals surface area contributed by atoms with Gasteiger partial charge in [-0.3, -0.25) is 4.90 Å². The van der Waals surface area contributed by atoms with Crippen LogP contribution < -0.4 is 5.32 Å². The summed E-state index contributed by atoms with van der Waals surface area (Å²) >= 11 is 0. The van der Waals surface area contributed by atoms with Crippen LogP contribution in [0.3, 0.4) is 0 Å². The first-order chi connectivity index (χ1) is 8.74. The van der Waals surface area contributed by atoms with Gasteiger partial charge in [0.15, 0.2) is 0 Å². The molecule has 3 nitrogen and oxygen atoms in total. The number of nitrogens with one attached hydrogen (secondary N) is 1. The Kier molecular flexibility index (Phi) is 5.93. The summed E-state index contributed by atoms with van der Waals surface area (Å²) in [5, 5.41) is 3.73. The number of rotatable bonds is 5. The van der Waals surface area contributed by atoms with Crippen molar-refractivity contribution in [2.75, 3.05) is 39.4 Å². The summed E-state index contributed by atoms with van der Waals surface area (Å²) in [7, 11) is 0. The van der Waals surface area contributed by atoms with Gasteiger partial charge in [-0.2, -0.15) is 0 Å². The van der Waals surface area contributed by atoms with Gasteiger partial charge >= 0.3 is 0 Å². The summed E-state index contributed by atoms with van der Waals surface area (Å²) in [4.78, 5) is 2.52. The fourth-order valence-corrected chi connectivity index (χ4v) is 3.14. The average molecular weight is 254 g/mol. The lowest BCUT2D eigenvalue weighted by Gasteiger charge is -2.31. The number of morpholine rings is 1. The highest BCUT2D eigenvalue weighted by molar-refractivity contribution is 4.75. The summed E-state index contributed by atoms with van der Waals surface area (Å²) in [6.07, 6.45) is 5.73. The van der Waals surface area contributed by atoms with E-state index in [0.717, 1.165) is 38.1 Å². The highest BCUT2D eigenvalue weighted by Gasteiger charge is 2.19. The zero-order chi connectivity index (χ0) is 12.8. The molecule has 1 saturated carbocycles. The van der Waals surface area contributed by atoms with Crippen molar-refractivity contribution >= 4 is 0 Å². The van der Waals surface area contributed by atoms with Gasteiger partial charge in [0.2, 0.25) is 0 Å². The molecule has 0 aromatic heterocycles. The molecule has 0 radical (unpaired) electrons. The quantitative estimate of drug-likeness (QED) is 0.813.